The normalized spacial score (nSPS) is 41.3. The molecule has 1 aromatic rings. The molecule has 5 rings (SSSR count). The minimum absolute atomic E-state index is 0.478. The second-order valence-corrected chi connectivity index (χ2v) is 14.0. The van der Waals surface area contributed by atoms with E-state index in [-0.39, 0.29) is 0 Å². The monoisotopic (exact) mass is 448 g/mol. The van der Waals surface area contributed by atoms with E-state index in [2.05, 4.69) is 45.9 Å². The van der Waals surface area contributed by atoms with Gasteiger partial charge in [-0.3, -0.25) is 0 Å². The molecule has 3 fully saturated rings. The summed E-state index contributed by atoms with van der Waals surface area (Å²) in [5.74, 6) is 3.60. The first kappa shape index (κ1) is 23.7. The summed E-state index contributed by atoms with van der Waals surface area (Å²) < 4.78 is 0. The summed E-state index contributed by atoms with van der Waals surface area (Å²) in [7, 11) is 0. The summed E-state index contributed by atoms with van der Waals surface area (Å²) in [5.41, 5.74) is 3.68. The van der Waals surface area contributed by atoms with Crippen LogP contribution in [0.5, 0.6) is 0 Å². The highest BCUT2D eigenvalue weighted by Gasteiger charge is 2.58. The molecule has 7 unspecified atom stereocenters. The Balaban J connectivity index is 1.26. The zero-order valence-electron chi connectivity index (χ0n) is 22.0. The Morgan fingerprint density at radius 2 is 1.70 bits per heavy atom. The van der Waals surface area contributed by atoms with Crippen molar-refractivity contribution in [2.24, 2.45) is 39.9 Å². The Hall–Kier alpha value is -1.08. The summed E-state index contributed by atoms with van der Waals surface area (Å²) in [6.45, 7) is 12.3. The SMILES string of the molecule is CC1(C)CCC2(C)C(=CCC3C2CCC2(C)C(CCCC(C)(O)c4ccccc4)CCC32)C1. The molecule has 7 atom stereocenters. The Morgan fingerprint density at radius 1 is 0.939 bits per heavy atom. The smallest absolute Gasteiger partial charge is 0.0868 e. The molecule has 4 aliphatic carbocycles. The topological polar surface area (TPSA) is 20.2 Å². The van der Waals surface area contributed by atoms with Gasteiger partial charge >= 0.3 is 0 Å². The Morgan fingerprint density at radius 3 is 2.45 bits per heavy atom. The van der Waals surface area contributed by atoms with E-state index in [4.69, 9.17) is 0 Å². The maximum Gasteiger partial charge on any atom is 0.0868 e. The molecule has 4 aliphatic rings. The Kier molecular flexibility index (Phi) is 5.91. The fourth-order valence-corrected chi connectivity index (χ4v) is 9.20. The van der Waals surface area contributed by atoms with Crippen molar-refractivity contribution in [1.82, 2.24) is 0 Å². The first-order chi connectivity index (χ1) is 15.6. The van der Waals surface area contributed by atoms with Crippen molar-refractivity contribution in [3.05, 3.63) is 47.5 Å². The largest absolute Gasteiger partial charge is 0.385 e. The highest BCUT2D eigenvalue weighted by atomic mass is 16.3. The van der Waals surface area contributed by atoms with Crippen LogP contribution < -0.4 is 0 Å². The van der Waals surface area contributed by atoms with Crippen LogP contribution in [0, 0.1) is 39.9 Å². The molecule has 0 aromatic heterocycles. The molecule has 0 spiro atoms. The van der Waals surface area contributed by atoms with Crippen molar-refractivity contribution < 1.29 is 5.11 Å². The molecule has 1 heteroatoms. The Labute approximate surface area is 203 Å². The van der Waals surface area contributed by atoms with Crippen LogP contribution in [0.15, 0.2) is 42.0 Å². The lowest BCUT2D eigenvalue weighted by atomic mass is 9.46. The van der Waals surface area contributed by atoms with Crippen LogP contribution in [0.4, 0.5) is 0 Å². The minimum atomic E-state index is -0.703. The molecule has 1 nitrogen and oxygen atoms in total. The summed E-state index contributed by atoms with van der Waals surface area (Å²) in [6, 6.07) is 10.3. The maximum absolute atomic E-state index is 11.1. The van der Waals surface area contributed by atoms with Gasteiger partial charge in [0.05, 0.1) is 5.60 Å². The van der Waals surface area contributed by atoms with Crippen molar-refractivity contribution in [1.29, 1.82) is 0 Å². The molecule has 0 radical (unpaired) electrons. The third-order valence-electron chi connectivity index (χ3n) is 11.4. The number of hydrogen-bond donors (Lipinski definition) is 1. The molecule has 0 saturated heterocycles. The zero-order valence-corrected chi connectivity index (χ0v) is 22.0. The summed E-state index contributed by atoms with van der Waals surface area (Å²) in [6.07, 6.45) is 17.3. The lowest BCUT2D eigenvalue weighted by Crippen LogP contribution is -2.50. The third-order valence-corrected chi connectivity index (χ3v) is 11.4. The highest BCUT2D eigenvalue weighted by Crippen LogP contribution is 2.67. The van der Waals surface area contributed by atoms with E-state index in [1.165, 1.54) is 57.8 Å². The van der Waals surface area contributed by atoms with E-state index >= 15 is 0 Å². The van der Waals surface area contributed by atoms with Crippen LogP contribution in [0.3, 0.4) is 0 Å². The van der Waals surface area contributed by atoms with Crippen LogP contribution >= 0.6 is 0 Å². The van der Waals surface area contributed by atoms with Gasteiger partial charge in [0.25, 0.3) is 0 Å². The first-order valence-corrected chi connectivity index (χ1v) is 14.0. The predicted molar refractivity (Wildman–Crippen MR) is 139 cm³/mol. The number of hydrogen-bond acceptors (Lipinski definition) is 1. The van der Waals surface area contributed by atoms with Gasteiger partial charge in [0.1, 0.15) is 0 Å². The highest BCUT2D eigenvalue weighted by molar-refractivity contribution is 5.26. The van der Waals surface area contributed by atoms with Crippen molar-refractivity contribution >= 4 is 0 Å². The van der Waals surface area contributed by atoms with E-state index in [1.54, 1.807) is 0 Å². The lowest BCUT2D eigenvalue weighted by molar-refractivity contribution is -0.0505. The lowest BCUT2D eigenvalue weighted by Gasteiger charge is -2.59. The summed E-state index contributed by atoms with van der Waals surface area (Å²) >= 11 is 0. The maximum atomic E-state index is 11.1. The van der Waals surface area contributed by atoms with E-state index in [9.17, 15) is 5.11 Å². The number of fused-ring (bicyclic) bond motifs is 5. The van der Waals surface area contributed by atoms with Crippen LogP contribution in [0.25, 0.3) is 0 Å². The second-order valence-electron chi connectivity index (χ2n) is 14.0. The van der Waals surface area contributed by atoms with Crippen molar-refractivity contribution in [2.75, 3.05) is 0 Å². The van der Waals surface area contributed by atoms with Gasteiger partial charge in [-0.05, 0) is 123 Å². The zero-order chi connectivity index (χ0) is 23.5. The average Bonchev–Trinajstić information content (AvgIpc) is 3.11. The number of aliphatic hydroxyl groups is 1. The van der Waals surface area contributed by atoms with Crippen LogP contribution in [0.1, 0.15) is 111 Å². The number of allylic oxidation sites excluding steroid dienone is 2. The van der Waals surface area contributed by atoms with Gasteiger partial charge in [0.2, 0.25) is 0 Å². The molecule has 0 bridgehead atoms. The first-order valence-electron chi connectivity index (χ1n) is 14.0. The molecule has 182 valence electrons. The van der Waals surface area contributed by atoms with Gasteiger partial charge in [-0.2, -0.15) is 0 Å². The molecule has 33 heavy (non-hydrogen) atoms. The second kappa shape index (κ2) is 8.25. The van der Waals surface area contributed by atoms with Crippen LogP contribution in [-0.4, -0.2) is 5.11 Å². The molecule has 0 heterocycles. The molecule has 0 aliphatic heterocycles. The molecule has 0 amide bonds. The van der Waals surface area contributed by atoms with Crippen LogP contribution in [-0.2, 0) is 5.60 Å². The van der Waals surface area contributed by atoms with E-state index < -0.39 is 5.60 Å². The molecule has 1 N–H and O–H groups in total. The van der Waals surface area contributed by atoms with Gasteiger partial charge in [0.15, 0.2) is 0 Å². The quantitative estimate of drug-likeness (QED) is 0.447. The van der Waals surface area contributed by atoms with Gasteiger partial charge < -0.3 is 5.11 Å². The number of benzene rings is 1. The van der Waals surface area contributed by atoms with Gasteiger partial charge in [-0.15, -0.1) is 0 Å². The molecule has 3 saturated carbocycles. The Bertz CT molecular complexity index is 879. The predicted octanol–water partition coefficient (Wildman–Crippen LogP) is 8.67. The fraction of sp³-hybridized carbons (Fsp3) is 0.750. The molecular weight excluding hydrogens is 400 g/mol. The molecule has 1 aromatic carbocycles. The average molecular weight is 449 g/mol. The third kappa shape index (κ3) is 4.05. The standard InChI is InChI=1S/C32H48O/c1-29(2)20-21-31(4)25(22-29)13-15-26-27-16-14-23(30(27,3)19-17-28(26)31)12-9-18-32(5,33)24-10-7-6-8-11-24/h6-8,10-11,13,23,26-28,33H,9,12,14-22H2,1-5H3. The summed E-state index contributed by atoms with van der Waals surface area (Å²) in [4.78, 5) is 0. The van der Waals surface area contributed by atoms with E-state index in [0.29, 0.717) is 16.2 Å². The van der Waals surface area contributed by atoms with Gasteiger partial charge in [0, 0.05) is 0 Å². The fourth-order valence-electron chi connectivity index (χ4n) is 9.20. The number of rotatable bonds is 5. The summed E-state index contributed by atoms with van der Waals surface area (Å²) in [5, 5.41) is 11.1. The van der Waals surface area contributed by atoms with E-state index in [1.807, 2.05) is 30.7 Å². The van der Waals surface area contributed by atoms with Gasteiger partial charge in [-0.1, -0.05) is 69.7 Å². The van der Waals surface area contributed by atoms with Gasteiger partial charge in [-0.25, -0.2) is 0 Å². The minimum Gasteiger partial charge on any atom is -0.385 e. The van der Waals surface area contributed by atoms with Crippen molar-refractivity contribution in [3.63, 3.8) is 0 Å². The molecular formula is C32H48O. The van der Waals surface area contributed by atoms with Crippen LogP contribution in [0.2, 0.25) is 0 Å². The van der Waals surface area contributed by atoms with Crippen molar-refractivity contribution in [3.8, 4) is 0 Å². The van der Waals surface area contributed by atoms with Crippen molar-refractivity contribution in [2.45, 2.75) is 111 Å². The van der Waals surface area contributed by atoms with E-state index in [0.717, 1.165) is 42.1 Å².